The number of nitrogens with one attached hydrogen (secondary N) is 1. The van der Waals surface area contributed by atoms with E-state index in [9.17, 15) is 9.59 Å². The fourth-order valence-electron chi connectivity index (χ4n) is 3.39. The van der Waals surface area contributed by atoms with Crippen LogP contribution in [-0.4, -0.2) is 47.9 Å². The number of nitrogens with zero attached hydrogens (tertiary/aromatic N) is 2. The van der Waals surface area contributed by atoms with Gasteiger partial charge < -0.3 is 15.0 Å². The van der Waals surface area contributed by atoms with Crippen LogP contribution in [0.2, 0.25) is 0 Å². The normalized spacial score (nSPS) is 14.5. The van der Waals surface area contributed by atoms with Gasteiger partial charge in [-0.05, 0) is 55.5 Å². The van der Waals surface area contributed by atoms with Gasteiger partial charge in [0.15, 0.2) is 0 Å². The third-order valence-corrected chi connectivity index (χ3v) is 5.02. The van der Waals surface area contributed by atoms with Crippen LogP contribution >= 0.6 is 0 Å². The molecule has 0 radical (unpaired) electrons. The SMILES string of the molecule is CCOc1ccc(CC(=O)NCC2CCN(C(=O)c3ccncc3)CC2)cc1. The summed E-state index contributed by atoms with van der Waals surface area (Å²) in [7, 11) is 0. The Morgan fingerprint density at radius 3 is 2.43 bits per heavy atom. The van der Waals surface area contributed by atoms with Gasteiger partial charge in [-0.2, -0.15) is 0 Å². The van der Waals surface area contributed by atoms with Crippen LogP contribution in [0.4, 0.5) is 0 Å². The maximum absolute atomic E-state index is 12.5. The number of rotatable bonds is 7. The molecule has 1 aliphatic rings. The van der Waals surface area contributed by atoms with E-state index in [4.69, 9.17) is 4.74 Å². The van der Waals surface area contributed by atoms with Crippen LogP contribution in [0.25, 0.3) is 0 Å². The van der Waals surface area contributed by atoms with E-state index in [2.05, 4.69) is 10.3 Å². The Morgan fingerprint density at radius 2 is 1.79 bits per heavy atom. The quantitative estimate of drug-likeness (QED) is 0.800. The number of likely N-dealkylation sites (tertiary alicyclic amines) is 1. The molecule has 0 saturated carbocycles. The zero-order chi connectivity index (χ0) is 19.8. The topological polar surface area (TPSA) is 71.5 Å². The van der Waals surface area contributed by atoms with Crippen molar-refractivity contribution in [2.45, 2.75) is 26.2 Å². The number of amides is 2. The van der Waals surface area contributed by atoms with E-state index in [0.717, 1.165) is 37.2 Å². The number of hydrogen-bond donors (Lipinski definition) is 1. The van der Waals surface area contributed by atoms with E-state index in [1.54, 1.807) is 24.5 Å². The van der Waals surface area contributed by atoms with Gasteiger partial charge in [0.2, 0.25) is 5.91 Å². The summed E-state index contributed by atoms with van der Waals surface area (Å²) < 4.78 is 5.41. The summed E-state index contributed by atoms with van der Waals surface area (Å²) in [5.74, 6) is 1.31. The molecule has 1 saturated heterocycles. The molecule has 1 aliphatic heterocycles. The fraction of sp³-hybridized carbons (Fsp3) is 0.409. The molecule has 6 nitrogen and oxygen atoms in total. The minimum absolute atomic E-state index is 0.0273. The monoisotopic (exact) mass is 381 g/mol. The molecule has 148 valence electrons. The number of carbonyl (C=O) groups is 2. The molecular weight excluding hydrogens is 354 g/mol. The van der Waals surface area contributed by atoms with Crippen molar-refractivity contribution in [3.8, 4) is 5.75 Å². The summed E-state index contributed by atoms with van der Waals surface area (Å²) >= 11 is 0. The smallest absolute Gasteiger partial charge is 0.253 e. The fourth-order valence-corrected chi connectivity index (χ4v) is 3.39. The van der Waals surface area contributed by atoms with Crippen molar-refractivity contribution in [1.29, 1.82) is 0 Å². The maximum Gasteiger partial charge on any atom is 0.253 e. The number of benzene rings is 1. The van der Waals surface area contributed by atoms with Gasteiger partial charge in [-0.15, -0.1) is 0 Å². The third kappa shape index (κ3) is 5.55. The lowest BCUT2D eigenvalue weighted by molar-refractivity contribution is -0.120. The van der Waals surface area contributed by atoms with E-state index in [1.807, 2.05) is 36.1 Å². The Bertz CT molecular complexity index is 769. The first-order chi connectivity index (χ1) is 13.7. The first kappa shape index (κ1) is 19.9. The molecule has 2 amide bonds. The Hall–Kier alpha value is -2.89. The summed E-state index contributed by atoms with van der Waals surface area (Å²) in [5, 5.41) is 3.03. The van der Waals surface area contributed by atoms with Crippen molar-refractivity contribution < 1.29 is 14.3 Å². The van der Waals surface area contributed by atoms with E-state index >= 15 is 0 Å². The van der Waals surface area contributed by atoms with Crippen molar-refractivity contribution >= 4 is 11.8 Å². The van der Waals surface area contributed by atoms with Crippen molar-refractivity contribution in [2.24, 2.45) is 5.92 Å². The summed E-state index contributed by atoms with van der Waals surface area (Å²) in [6.07, 6.45) is 5.45. The molecule has 2 heterocycles. The standard InChI is InChI=1S/C22H27N3O3/c1-2-28-20-5-3-17(4-6-20)15-21(26)24-16-18-9-13-25(14-10-18)22(27)19-7-11-23-12-8-19/h3-8,11-12,18H,2,9-10,13-16H2,1H3,(H,24,26). The molecule has 0 atom stereocenters. The lowest BCUT2D eigenvalue weighted by Crippen LogP contribution is -2.41. The van der Waals surface area contributed by atoms with E-state index < -0.39 is 0 Å². The number of ether oxygens (including phenoxy) is 1. The highest BCUT2D eigenvalue weighted by molar-refractivity contribution is 5.94. The summed E-state index contributed by atoms with van der Waals surface area (Å²) in [6.45, 7) is 4.68. The second-order valence-corrected chi connectivity index (χ2v) is 7.03. The highest BCUT2D eigenvalue weighted by Gasteiger charge is 2.23. The Kier molecular flexibility index (Phi) is 7.00. The number of aromatic nitrogens is 1. The van der Waals surface area contributed by atoms with Gasteiger partial charge >= 0.3 is 0 Å². The van der Waals surface area contributed by atoms with E-state index in [-0.39, 0.29) is 11.8 Å². The lowest BCUT2D eigenvalue weighted by atomic mass is 9.96. The molecule has 1 fully saturated rings. The molecule has 0 aliphatic carbocycles. The second-order valence-electron chi connectivity index (χ2n) is 7.03. The Labute approximate surface area is 165 Å². The van der Waals surface area contributed by atoms with Crippen LogP contribution in [0.1, 0.15) is 35.7 Å². The molecular formula is C22H27N3O3. The average Bonchev–Trinajstić information content (AvgIpc) is 2.74. The van der Waals surface area contributed by atoms with Gasteiger partial charge in [0, 0.05) is 37.6 Å². The van der Waals surface area contributed by atoms with Crippen LogP contribution < -0.4 is 10.1 Å². The van der Waals surface area contributed by atoms with Gasteiger partial charge in [0.25, 0.3) is 5.91 Å². The minimum Gasteiger partial charge on any atom is -0.494 e. The largest absolute Gasteiger partial charge is 0.494 e. The minimum atomic E-state index is 0.0273. The maximum atomic E-state index is 12.5. The van der Waals surface area contributed by atoms with E-state index in [1.165, 1.54) is 0 Å². The van der Waals surface area contributed by atoms with Crippen LogP contribution in [0, 0.1) is 5.92 Å². The molecule has 3 rings (SSSR count). The van der Waals surface area contributed by atoms with Crippen LogP contribution in [-0.2, 0) is 11.2 Å². The molecule has 0 bridgehead atoms. The zero-order valence-corrected chi connectivity index (χ0v) is 16.3. The zero-order valence-electron chi connectivity index (χ0n) is 16.3. The highest BCUT2D eigenvalue weighted by Crippen LogP contribution is 2.18. The number of piperidine rings is 1. The molecule has 0 unspecified atom stereocenters. The molecule has 0 spiro atoms. The summed E-state index contributed by atoms with van der Waals surface area (Å²) in [6, 6.07) is 11.1. The highest BCUT2D eigenvalue weighted by atomic mass is 16.5. The second kappa shape index (κ2) is 9.88. The van der Waals surface area contributed by atoms with Crippen LogP contribution in [0.3, 0.4) is 0 Å². The van der Waals surface area contributed by atoms with Gasteiger partial charge in [-0.25, -0.2) is 0 Å². The molecule has 1 N–H and O–H groups in total. The van der Waals surface area contributed by atoms with Crippen molar-refractivity contribution in [3.05, 3.63) is 59.9 Å². The van der Waals surface area contributed by atoms with Gasteiger partial charge in [-0.1, -0.05) is 12.1 Å². The molecule has 2 aromatic rings. The van der Waals surface area contributed by atoms with Crippen LogP contribution in [0.15, 0.2) is 48.8 Å². The average molecular weight is 381 g/mol. The van der Waals surface area contributed by atoms with E-state index in [0.29, 0.717) is 31.1 Å². The number of pyridine rings is 1. The molecule has 1 aromatic carbocycles. The number of hydrogen-bond acceptors (Lipinski definition) is 4. The Morgan fingerprint density at radius 1 is 1.11 bits per heavy atom. The predicted molar refractivity (Wildman–Crippen MR) is 107 cm³/mol. The van der Waals surface area contributed by atoms with Gasteiger partial charge in [0.1, 0.15) is 5.75 Å². The van der Waals surface area contributed by atoms with Crippen molar-refractivity contribution in [3.63, 3.8) is 0 Å². The summed E-state index contributed by atoms with van der Waals surface area (Å²) in [4.78, 5) is 30.5. The molecule has 1 aromatic heterocycles. The van der Waals surface area contributed by atoms with Gasteiger partial charge in [0.05, 0.1) is 13.0 Å². The molecule has 6 heteroatoms. The first-order valence-electron chi connectivity index (χ1n) is 9.83. The summed E-state index contributed by atoms with van der Waals surface area (Å²) in [5.41, 5.74) is 1.65. The predicted octanol–water partition coefficient (Wildman–Crippen LogP) is 2.69. The van der Waals surface area contributed by atoms with Crippen LogP contribution in [0.5, 0.6) is 5.75 Å². The first-order valence-corrected chi connectivity index (χ1v) is 9.83. The van der Waals surface area contributed by atoms with Crippen molar-refractivity contribution in [1.82, 2.24) is 15.2 Å². The number of carbonyl (C=O) groups excluding carboxylic acids is 2. The Balaban J connectivity index is 1.39. The lowest BCUT2D eigenvalue weighted by Gasteiger charge is -2.32. The van der Waals surface area contributed by atoms with Crippen molar-refractivity contribution in [2.75, 3.05) is 26.2 Å². The third-order valence-electron chi connectivity index (χ3n) is 5.02. The van der Waals surface area contributed by atoms with Gasteiger partial charge in [-0.3, -0.25) is 14.6 Å². The molecule has 28 heavy (non-hydrogen) atoms.